The lowest BCUT2D eigenvalue weighted by Gasteiger charge is -2.25. The van der Waals surface area contributed by atoms with Crippen molar-refractivity contribution >= 4 is 11.6 Å². The quantitative estimate of drug-likeness (QED) is 0.569. The van der Waals surface area contributed by atoms with Crippen LogP contribution in [0, 0.1) is 18.8 Å². The maximum absolute atomic E-state index is 5.59. The molecule has 5 nitrogen and oxygen atoms in total. The van der Waals surface area contributed by atoms with Crippen molar-refractivity contribution in [3.63, 3.8) is 0 Å². The van der Waals surface area contributed by atoms with Gasteiger partial charge in [0, 0.05) is 18.0 Å². The molecule has 2 aliphatic rings. The molecule has 3 unspecified atom stereocenters. The monoisotopic (exact) mass is 275 g/mol. The zero-order valence-corrected chi connectivity index (χ0v) is 12.4. The molecule has 0 spiro atoms. The Kier molecular flexibility index (Phi) is 3.78. The molecule has 0 amide bonds. The third-order valence-electron chi connectivity index (χ3n) is 4.86. The summed E-state index contributed by atoms with van der Waals surface area (Å²) in [5.41, 5.74) is 3.73. The largest absolute Gasteiger partial charge is 0.367 e. The van der Waals surface area contributed by atoms with Crippen molar-refractivity contribution < 1.29 is 0 Å². The van der Waals surface area contributed by atoms with Crippen molar-refractivity contribution in [1.82, 2.24) is 9.97 Å². The first-order valence-corrected chi connectivity index (χ1v) is 7.82. The number of nitrogens with one attached hydrogen (secondary N) is 2. The molecule has 110 valence electrons. The SMILES string of the molecule is CCCc1nc(NN)c(C)c(NC2CC3CCC2C3)n1. The molecule has 2 fully saturated rings. The van der Waals surface area contributed by atoms with Crippen LogP contribution < -0.4 is 16.6 Å². The first-order valence-electron chi connectivity index (χ1n) is 7.82. The van der Waals surface area contributed by atoms with Crippen molar-refractivity contribution in [2.45, 2.75) is 58.4 Å². The van der Waals surface area contributed by atoms with E-state index in [9.17, 15) is 0 Å². The fourth-order valence-electron chi connectivity index (χ4n) is 3.78. The number of hydrazine groups is 1. The second kappa shape index (κ2) is 5.56. The summed E-state index contributed by atoms with van der Waals surface area (Å²) in [4.78, 5) is 9.18. The van der Waals surface area contributed by atoms with Crippen LogP contribution in [0.2, 0.25) is 0 Å². The van der Waals surface area contributed by atoms with E-state index in [0.717, 1.165) is 47.7 Å². The number of aromatic nitrogens is 2. The Morgan fingerprint density at radius 1 is 1.20 bits per heavy atom. The zero-order valence-electron chi connectivity index (χ0n) is 12.4. The van der Waals surface area contributed by atoms with E-state index in [1.165, 1.54) is 25.7 Å². The number of hydrogen-bond acceptors (Lipinski definition) is 5. The molecule has 0 saturated heterocycles. The van der Waals surface area contributed by atoms with Crippen molar-refractivity contribution in [2.75, 3.05) is 10.7 Å². The van der Waals surface area contributed by atoms with Gasteiger partial charge in [-0.25, -0.2) is 15.8 Å². The second-order valence-electron chi connectivity index (χ2n) is 6.28. The van der Waals surface area contributed by atoms with Crippen LogP contribution in [0.4, 0.5) is 11.6 Å². The van der Waals surface area contributed by atoms with Crippen molar-refractivity contribution in [1.29, 1.82) is 0 Å². The third kappa shape index (κ3) is 2.46. The predicted molar refractivity (Wildman–Crippen MR) is 81.4 cm³/mol. The normalized spacial score (nSPS) is 27.9. The summed E-state index contributed by atoms with van der Waals surface area (Å²) in [6.45, 7) is 4.17. The summed E-state index contributed by atoms with van der Waals surface area (Å²) in [5, 5.41) is 3.67. The first kappa shape index (κ1) is 13.6. The van der Waals surface area contributed by atoms with Crippen LogP contribution in [0.15, 0.2) is 0 Å². The van der Waals surface area contributed by atoms with Crippen LogP contribution in [0.25, 0.3) is 0 Å². The summed E-state index contributed by atoms with van der Waals surface area (Å²) in [6.07, 6.45) is 7.41. The van der Waals surface area contributed by atoms with Crippen LogP contribution >= 0.6 is 0 Å². The Hall–Kier alpha value is -1.36. The number of nitrogens with two attached hydrogens (primary N) is 1. The molecule has 1 aromatic rings. The highest BCUT2D eigenvalue weighted by atomic mass is 15.3. The molecule has 1 aromatic heterocycles. The summed E-state index contributed by atoms with van der Waals surface area (Å²) in [5.74, 6) is 9.93. The van der Waals surface area contributed by atoms with Crippen LogP contribution in [-0.4, -0.2) is 16.0 Å². The number of nitrogens with zero attached hydrogens (tertiary/aromatic N) is 2. The molecule has 0 aliphatic heterocycles. The fourth-order valence-corrected chi connectivity index (χ4v) is 3.78. The molecule has 3 rings (SSSR count). The van der Waals surface area contributed by atoms with Gasteiger partial charge in [0.2, 0.25) is 0 Å². The predicted octanol–water partition coefficient (Wildman–Crippen LogP) is 2.62. The Morgan fingerprint density at radius 2 is 2.00 bits per heavy atom. The van der Waals surface area contributed by atoms with Gasteiger partial charge in [-0.1, -0.05) is 13.3 Å². The van der Waals surface area contributed by atoms with Gasteiger partial charge in [0.1, 0.15) is 17.5 Å². The van der Waals surface area contributed by atoms with Crippen LogP contribution in [0.3, 0.4) is 0 Å². The molecule has 2 bridgehead atoms. The molecule has 1 heterocycles. The molecule has 2 aliphatic carbocycles. The van der Waals surface area contributed by atoms with E-state index < -0.39 is 0 Å². The van der Waals surface area contributed by atoms with Gasteiger partial charge in [-0.05, 0) is 44.4 Å². The van der Waals surface area contributed by atoms with Crippen LogP contribution in [-0.2, 0) is 6.42 Å². The molecule has 3 atom stereocenters. The number of aryl methyl sites for hydroxylation is 1. The van der Waals surface area contributed by atoms with Gasteiger partial charge in [-0.3, -0.25) is 0 Å². The Morgan fingerprint density at radius 3 is 2.60 bits per heavy atom. The van der Waals surface area contributed by atoms with E-state index in [0.29, 0.717) is 6.04 Å². The topological polar surface area (TPSA) is 75.9 Å². The maximum Gasteiger partial charge on any atom is 0.148 e. The van der Waals surface area contributed by atoms with E-state index in [2.05, 4.69) is 22.7 Å². The second-order valence-corrected chi connectivity index (χ2v) is 6.28. The standard InChI is InChI=1S/C15H25N5/c1-3-4-13-18-14(9(2)15(19-13)20-16)17-12-8-10-5-6-11(12)7-10/h10-12H,3-8,16H2,1-2H3,(H2,17,18,19,20). The van der Waals surface area contributed by atoms with E-state index in [1.807, 2.05) is 6.92 Å². The number of rotatable bonds is 5. The summed E-state index contributed by atoms with van der Waals surface area (Å²) in [6, 6.07) is 0.586. The van der Waals surface area contributed by atoms with Gasteiger partial charge in [-0.2, -0.15) is 0 Å². The highest BCUT2D eigenvalue weighted by Gasteiger charge is 2.39. The number of hydrogen-bond donors (Lipinski definition) is 3. The lowest BCUT2D eigenvalue weighted by atomic mass is 9.95. The zero-order chi connectivity index (χ0) is 14.1. The van der Waals surface area contributed by atoms with Crippen molar-refractivity contribution in [3.05, 3.63) is 11.4 Å². The van der Waals surface area contributed by atoms with Crippen molar-refractivity contribution in [2.24, 2.45) is 17.7 Å². The molecule has 5 heteroatoms. The Bertz CT molecular complexity index is 487. The van der Waals surface area contributed by atoms with Gasteiger partial charge in [0.25, 0.3) is 0 Å². The Balaban J connectivity index is 1.82. The first-order chi connectivity index (χ1) is 9.71. The number of anilines is 2. The third-order valence-corrected chi connectivity index (χ3v) is 4.86. The maximum atomic E-state index is 5.59. The minimum absolute atomic E-state index is 0.586. The van der Waals surface area contributed by atoms with Crippen LogP contribution in [0.5, 0.6) is 0 Å². The van der Waals surface area contributed by atoms with E-state index in [4.69, 9.17) is 10.8 Å². The minimum Gasteiger partial charge on any atom is -0.367 e. The average molecular weight is 275 g/mol. The number of fused-ring (bicyclic) bond motifs is 2. The summed E-state index contributed by atoms with van der Waals surface area (Å²) < 4.78 is 0. The molecule has 4 N–H and O–H groups in total. The van der Waals surface area contributed by atoms with Crippen LogP contribution in [0.1, 0.15) is 50.4 Å². The van der Waals surface area contributed by atoms with Gasteiger partial charge < -0.3 is 10.7 Å². The Labute approximate surface area is 120 Å². The molecular formula is C15H25N5. The summed E-state index contributed by atoms with van der Waals surface area (Å²) in [7, 11) is 0. The van der Waals surface area contributed by atoms with Gasteiger partial charge in [0.15, 0.2) is 0 Å². The minimum atomic E-state index is 0.586. The van der Waals surface area contributed by atoms with E-state index >= 15 is 0 Å². The highest BCUT2D eigenvalue weighted by Crippen LogP contribution is 2.45. The highest BCUT2D eigenvalue weighted by molar-refractivity contribution is 5.57. The lowest BCUT2D eigenvalue weighted by molar-refractivity contribution is 0.438. The van der Waals surface area contributed by atoms with Gasteiger partial charge >= 0.3 is 0 Å². The molecule has 0 aromatic carbocycles. The van der Waals surface area contributed by atoms with Crippen molar-refractivity contribution in [3.8, 4) is 0 Å². The molecule has 2 saturated carbocycles. The van der Waals surface area contributed by atoms with Gasteiger partial charge in [-0.15, -0.1) is 0 Å². The molecule has 20 heavy (non-hydrogen) atoms. The average Bonchev–Trinajstić information content (AvgIpc) is 3.05. The van der Waals surface area contributed by atoms with E-state index in [-0.39, 0.29) is 0 Å². The fraction of sp³-hybridized carbons (Fsp3) is 0.733. The molecule has 0 radical (unpaired) electrons. The van der Waals surface area contributed by atoms with E-state index in [1.54, 1.807) is 0 Å². The number of nitrogen functional groups attached to an aromatic ring is 1. The molecular weight excluding hydrogens is 250 g/mol. The smallest absolute Gasteiger partial charge is 0.148 e. The summed E-state index contributed by atoms with van der Waals surface area (Å²) >= 11 is 0. The lowest BCUT2D eigenvalue weighted by Crippen LogP contribution is -2.27. The van der Waals surface area contributed by atoms with Gasteiger partial charge in [0.05, 0.1) is 0 Å².